The van der Waals surface area contributed by atoms with Gasteiger partial charge in [-0.15, -0.1) is 0 Å². The molecule has 3 rings (SSSR count). The maximum Gasteiger partial charge on any atom is 0.0862 e. The number of nitrogens with two attached hydrogens (primary N) is 1. The summed E-state index contributed by atoms with van der Waals surface area (Å²) < 4.78 is 1.79. The van der Waals surface area contributed by atoms with E-state index < -0.39 is 0 Å². The molecule has 1 saturated carbocycles. The fraction of sp³-hybridized carbons (Fsp3) is 0.786. The van der Waals surface area contributed by atoms with E-state index in [9.17, 15) is 5.11 Å². The third-order valence-electron chi connectivity index (χ3n) is 4.94. The van der Waals surface area contributed by atoms with Crippen LogP contribution in [0.15, 0.2) is 18.5 Å². The van der Waals surface area contributed by atoms with Crippen molar-refractivity contribution >= 4 is 0 Å². The average Bonchev–Trinajstić information content (AvgIpc) is 3.04. The summed E-state index contributed by atoms with van der Waals surface area (Å²) >= 11 is 0. The van der Waals surface area contributed by atoms with Gasteiger partial charge in [-0.3, -0.25) is 9.58 Å². The van der Waals surface area contributed by atoms with E-state index in [4.69, 9.17) is 5.73 Å². The van der Waals surface area contributed by atoms with E-state index in [-0.39, 0.29) is 6.10 Å². The first-order valence-corrected chi connectivity index (χ1v) is 7.30. The highest BCUT2D eigenvalue weighted by molar-refractivity contribution is 5.01. The van der Waals surface area contributed by atoms with Gasteiger partial charge in [0.15, 0.2) is 0 Å². The van der Waals surface area contributed by atoms with Crippen molar-refractivity contribution in [2.45, 2.75) is 31.9 Å². The normalized spacial score (nSPS) is 32.6. The first kappa shape index (κ1) is 13.1. The lowest BCUT2D eigenvalue weighted by Gasteiger charge is -2.27. The molecule has 1 aliphatic carbocycles. The van der Waals surface area contributed by atoms with Gasteiger partial charge in [-0.2, -0.15) is 5.10 Å². The Morgan fingerprint density at radius 3 is 3.05 bits per heavy atom. The van der Waals surface area contributed by atoms with Crippen molar-refractivity contribution in [3.63, 3.8) is 0 Å². The predicted octanol–water partition coefficient (Wildman–Crippen LogP) is 0.305. The lowest BCUT2D eigenvalue weighted by molar-refractivity contribution is 0.0988. The molecule has 1 aliphatic heterocycles. The minimum atomic E-state index is -0.353. The van der Waals surface area contributed by atoms with Gasteiger partial charge in [0.05, 0.1) is 12.6 Å². The van der Waals surface area contributed by atoms with Crippen molar-refractivity contribution in [3.05, 3.63) is 18.5 Å². The van der Waals surface area contributed by atoms with Crippen LogP contribution in [-0.2, 0) is 6.54 Å². The number of nitrogens with zero attached hydrogens (tertiary/aromatic N) is 3. The van der Waals surface area contributed by atoms with Gasteiger partial charge >= 0.3 is 0 Å². The van der Waals surface area contributed by atoms with Crippen LogP contribution in [0, 0.1) is 11.3 Å². The van der Waals surface area contributed by atoms with E-state index in [0.717, 1.165) is 32.1 Å². The van der Waals surface area contributed by atoms with Crippen molar-refractivity contribution < 1.29 is 5.11 Å². The second-order valence-corrected chi connectivity index (χ2v) is 6.23. The van der Waals surface area contributed by atoms with Crippen LogP contribution < -0.4 is 5.73 Å². The van der Waals surface area contributed by atoms with Crippen LogP contribution >= 0.6 is 0 Å². The number of aliphatic hydroxyl groups excluding tert-OH is 1. The quantitative estimate of drug-likeness (QED) is 0.803. The van der Waals surface area contributed by atoms with E-state index in [1.165, 1.54) is 19.3 Å². The molecule has 5 heteroatoms. The second-order valence-electron chi connectivity index (χ2n) is 6.23. The molecule has 0 bridgehead atoms. The summed E-state index contributed by atoms with van der Waals surface area (Å²) in [6, 6.07) is 1.89. The molecule has 2 fully saturated rings. The van der Waals surface area contributed by atoms with Crippen LogP contribution in [0.2, 0.25) is 0 Å². The highest BCUT2D eigenvalue weighted by Crippen LogP contribution is 2.47. The third kappa shape index (κ3) is 2.55. The van der Waals surface area contributed by atoms with Crippen LogP contribution in [0.3, 0.4) is 0 Å². The summed E-state index contributed by atoms with van der Waals surface area (Å²) in [5, 5.41) is 14.3. The Morgan fingerprint density at radius 1 is 1.47 bits per heavy atom. The zero-order chi connectivity index (χ0) is 13.3. The predicted molar refractivity (Wildman–Crippen MR) is 73.5 cm³/mol. The van der Waals surface area contributed by atoms with Crippen LogP contribution in [0.1, 0.15) is 19.3 Å². The Bertz CT molecular complexity index is 408. The van der Waals surface area contributed by atoms with Crippen LogP contribution in [-0.4, -0.2) is 52.1 Å². The number of aromatic nitrogens is 2. The molecule has 1 unspecified atom stereocenters. The maximum absolute atomic E-state index is 10.2. The number of hydrogen-bond donors (Lipinski definition) is 2. The minimum absolute atomic E-state index is 0.339. The summed E-state index contributed by atoms with van der Waals surface area (Å²) in [4.78, 5) is 2.39. The Labute approximate surface area is 114 Å². The molecule has 1 aromatic rings. The van der Waals surface area contributed by atoms with Crippen molar-refractivity contribution in [1.82, 2.24) is 14.7 Å². The number of aliphatic hydroxyl groups is 1. The molecule has 0 aromatic carbocycles. The number of rotatable bonds is 5. The molecule has 3 N–H and O–H groups in total. The molecule has 0 radical (unpaired) electrons. The summed E-state index contributed by atoms with van der Waals surface area (Å²) in [6.45, 7) is 4.27. The van der Waals surface area contributed by atoms with E-state index >= 15 is 0 Å². The smallest absolute Gasteiger partial charge is 0.0862 e. The van der Waals surface area contributed by atoms with Gasteiger partial charge in [0, 0.05) is 32.0 Å². The molecular weight excluding hydrogens is 240 g/mol. The van der Waals surface area contributed by atoms with E-state index in [1.807, 2.05) is 12.3 Å². The summed E-state index contributed by atoms with van der Waals surface area (Å²) in [5.41, 5.74) is 6.35. The van der Waals surface area contributed by atoms with Gasteiger partial charge in [0.2, 0.25) is 0 Å². The Hall–Kier alpha value is -0.910. The molecule has 2 heterocycles. The van der Waals surface area contributed by atoms with Gasteiger partial charge in [-0.05, 0) is 36.8 Å². The highest BCUT2D eigenvalue weighted by Gasteiger charge is 2.48. The highest BCUT2D eigenvalue weighted by atomic mass is 16.3. The molecular formula is C14H24N4O. The zero-order valence-corrected chi connectivity index (χ0v) is 11.4. The third-order valence-corrected chi connectivity index (χ3v) is 4.94. The SMILES string of the molecule is NC[C@]12CCC[C@H]1CN(CC(O)Cn1cccn1)C2. The summed E-state index contributed by atoms with van der Waals surface area (Å²) in [7, 11) is 0. The van der Waals surface area contributed by atoms with Crippen molar-refractivity contribution in [2.24, 2.45) is 17.1 Å². The molecule has 0 spiro atoms. The first-order chi connectivity index (χ1) is 9.22. The van der Waals surface area contributed by atoms with Gasteiger partial charge in [0.25, 0.3) is 0 Å². The lowest BCUT2D eigenvalue weighted by atomic mass is 9.81. The number of hydrogen-bond acceptors (Lipinski definition) is 4. The molecule has 106 valence electrons. The van der Waals surface area contributed by atoms with Gasteiger partial charge < -0.3 is 10.8 Å². The molecule has 3 atom stereocenters. The van der Waals surface area contributed by atoms with Gasteiger partial charge in [0.1, 0.15) is 0 Å². The van der Waals surface area contributed by atoms with Crippen molar-refractivity contribution in [3.8, 4) is 0 Å². The van der Waals surface area contributed by atoms with Gasteiger partial charge in [-0.25, -0.2) is 0 Å². The van der Waals surface area contributed by atoms with Crippen molar-refractivity contribution in [1.29, 1.82) is 0 Å². The van der Waals surface area contributed by atoms with Crippen LogP contribution in [0.25, 0.3) is 0 Å². The summed E-state index contributed by atoms with van der Waals surface area (Å²) in [6.07, 6.45) is 7.18. The Morgan fingerprint density at radius 2 is 2.37 bits per heavy atom. The van der Waals surface area contributed by atoms with Crippen molar-refractivity contribution in [2.75, 3.05) is 26.2 Å². The fourth-order valence-electron chi connectivity index (χ4n) is 3.98. The Kier molecular flexibility index (Phi) is 3.60. The molecule has 5 nitrogen and oxygen atoms in total. The van der Waals surface area contributed by atoms with E-state index in [1.54, 1.807) is 10.9 Å². The molecule has 1 aromatic heterocycles. The monoisotopic (exact) mass is 264 g/mol. The molecule has 2 aliphatic rings. The Balaban J connectivity index is 1.54. The summed E-state index contributed by atoms with van der Waals surface area (Å²) in [5.74, 6) is 0.745. The van der Waals surface area contributed by atoms with Gasteiger partial charge in [-0.1, -0.05) is 6.42 Å². The first-order valence-electron chi connectivity index (χ1n) is 7.30. The number of fused-ring (bicyclic) bond motifs is 1. The minimum Gasteiger partial charge on any atom is -0.390 e. The van der Waals surface area contributed by atoms with E-state index in [0.29, 0.717) is 12.0 Å². The van der Waals surface area contributed by atoms with Crippen LogP contribution in [0.5, 0.6) is 0 Å². The van der Waals surface area contributed by atoms with E-state index in [2.05, 4.69) is 10.00 Å². The number of β-amino-alcohol motifs (C(OH)–C–C–N with tert-alkyl or cyclic N) is 1. The van der Waals surface area contributed by atoms with Crippen LogP contribution in [0.4, 0.5) is 0 Å². The average molecular weight is 264 g/mol. The maximum atomic E-state index is 10.2. The standard InChI is InChI=1S/C14H24N4O/c15-10-14-4-1-3-12(14)7-17(11-14)8-13(19)9-18-6-2-5-16-18/h2,5-6,12-13,19H,1,3-4,7-11,15H2/t12-,13?,14-/m0/s1. The zero-order valence-electron chi connectivity index (χ0n) is 11.4. The molecule has 1 saturated heterocycles. The lowest BCUT2D eigenvalue weighted by Crippen LogP contribution is -2.38. The topological polar surface area (TPSA) is 67.3 Å². The fourth-order valence-corrected chi connectivity index (χ4v) is 3.98. The molecule has 19 heavy (non-hydrogen) atoms. The number of likely N-dealkylation sites (tertiary alicyclic amines) is 1. The largest absolute Gasteiger partial charge is 0.390 e. The molecule has 0 amide bonds. The second kappa shape index (κ2) is 5.23.